The molecule has 0 amide bonds. The fourth-order valence-electron chi connectivity index (χ4n) is 3.21. The number of carbonyl (C=O) groups excluding carboxylic acids is 1. The summed E-state index contributed by atoms with van der Waals surface area (Å²) in [4.78, 5) is 10.6. The first kappa shape index (κ1) is 12.3. The van der Waals surface area contributed by atoms with E-state index in [1.165, 1.54) is 31.2 Å². The van der Waals surface area contributed by atoms with Crippen molar-refractivity contribution >= 4 is 6.29 Å². The fourth-order valence-corrected chi connectivity index (χ4v) is 3.21. The van der Waals surface area contributed by atoms with Crippen LogP contribution in [0.4, 0.5) is 0 Å². The second-order valence-electron chi connectivity index (χ2n) is 5.50. The van der Waals surface area contributed by atoms with Crippen molar-refractivity contribution in [2.75, 3.05) is 0 Å². The van der Waals surface area contributed by atoms with Crippen LogP contribution >= 0.6 is 0 Å². The number of benzene rings is 1. The summed E-state index contributed by atoms with van der Waals surface area (Å²) in [6, 6.07) is 8.12. The van der Waals surface area contributed by atoms with Crippen LogP contribution in [0.2, 0.25) is 0 Å². The molecule has 1 aromatic rings. The first-order valence-electron chi connectivity index (χ1n) is 6.77. The zero-order valence-corrected chi connectivity index (χ0v) is 10.9. The van der Waals surface area contributed by atoms with Crippen molar-refractivity contribution in [2.24, 2.45) is 11.8 Å². The van der Waals surface area contributed by atoms with Crippen LogP contribution in [0.5, 0.6) is 0 Å². The number of rotatable bonds is 3. The average molecular weight is 230 g/mol. The van der Waals surface area contributed by atoms with Crippen LogP contribution in [-0.4, -0.2) is 6.29 Å². The van der Waals surface area contributed by atoms with E-state index in [0.29, 0.717) is 5.92 Å². The summed E-state index contributed by atoms with van der Waals surface area (Å²) in [6.07, 6.45) is 6.43. The molecule has 1 fully saturated rings. The van der Waals surface area contributed by atoms with Gasteiger partial charge < -0.3 is 0 Å². The third-order valence-electron chi connectivity index (χ3n) is 4.42. The van der Waals surface area contributed by atoms with Crippen LogP contribution in [0.15, 0.2) is 24.3 Å². The van der Waals surface area contributed by atoms with E-state index in [1.807, 2.05) is 12.1 Å². The third-order valence-corrected chi connectivity index (χ3v) is 4.42. The van der Waals surface area contributed by atoms with E-state index in [4.69, 9.17) is 0 Å². The molecule has 0 aromatic heterocycles. The summed E-state index contributed by atoms with van der Waals surface area (Å²) in [5, 5.41) is 0. The van der Waals surface area contributed by atoms with Crippen molar-refractivity contribution in [3.05, 3.63) is 35.4 Å². The summed E-state index contributed by atoms with van der Waals surface area (Å²) in [6.45, 7) is 4.72. The van der Waals surface area contributed by atoms with Crippen molar-refractivity contribution in [3.8, 4) is 0 Å². The lowest BCUT2D eigenvalue weighted by molar-refractivity contribution is 0.112. The number of carbonyl (C=O) groups is 1. The molecule has 0 bridgehead atoms. The Morgan fingerprint density at radius 1 is 1.18 bits per heavy atom. The quantitative estimate of drug-likeness (QED) is 0.702. The molecule has 1 aliphatic rings. The van der Waals surface area contributed by atoms with Gasteiger partial charge in [0, 0.05) is 5.56 Å². The van der Waals surface area contributed by atoms with Crippen LogP contribution in [0.1, 0.15) is 61.4 Å². The van der Waals surface area contributed by atoms with Gasteiger partial charge in [0.15, 0.2) is 0 Å². The van der Waals surface area contributed by atoms with E-state index >= 15 is 0 Å². The standard InChI is InChI=1S/C16H22O/c1-12-5-3-4-6-16(12)13(2)15-9-7-14(11-17)8-10-15/h7-13,16H,3-6H2,1-2H3. The van der Waals surface area contributed by atoms with Gasteiger partial charge in [-0.05, 0) is 29.7 Å². The molecule has 1 aliphatic carbocycles. The zero-order chi connectivity index (χ0) is 12.3. The molecule has 1 heteroatoms. The maximum absolute atomic E-state index is 10.6. The summed E-state index contributed by atoms with van der Waals surface area (Å²) in [5.41, 5.74) is 2.16. The number of hydrogen-bond acceptors (Lipinski definition) is 1. The molecule has 1 aromatic carbocycles. The molecule has 0 N–H and O–H groups in total. The van der Waals surface area contributed by atoms with Crippen LogP contribution in [0, 0.1) is 11.8 Å². The molecule has 0 saturated heterocycles. The first-order valence-corrected chi connectivity index (χ1v) is 6.77. The van der Waals surface area contributed by atoms with Crippen LogP contribution < -0.4 is 0 Å². The predicted molar refractivity (Wildman–Crippen MR) is 71.4 cm³/mol. The van der Waals surface area contributed by atoms with Gasteiger partial charge in [-0.15, -0.1) is 0 Å². The number of aldehydes is 1. The highest BCUT2D eigenvalue weighted by Crippen LogP contribution is 2.39. The average Bonchev–Trinajstić information content (AvgIpc) is 2.39. The Hall–Kier alpha value is -1.11. The van der Waals surface area contributed by atoms with Gasteiger partial charge in [-0.1, -0.05) is 57.4 Å². The van der Waals surface area contributed by atoms with Crippen molar-refractivity contribution < 1.29 is 4.79 Å². The van der Waals surface area contributed by atoms with Gasteiger partial charge in [-0.3, -0.25) is 4.79 Å². The topological polar surface area (TPSA) is 17.1 Å². The minimum atomic E-state index is 0.617. The van der Waals surface area contributed by atoms with E-state index < -0.39 is 0 Å². The van der Waals surface area contributed by atoms with Crippen LogP contribution in [0.3, 0.4) is 0 Å². The monoisotopic (exact) mass is 230 g/mol. The normalized spacial score (nSPS) is 26.5. The Morgan fingerprint density at radius 2 is 1.82 bits per heavy atom. The van der Waals surface area contributed by atoms with Crippen molar-refractivity contribution in [1.82, 2.24) is 0 Å². The molecule has 17 heavy (non-hydrogen) atoms. The highest BCUT2D eigenvalue weighted by molar-refractivity contribution is 5.74. The largest absolute Gasteiger partial charge is 0.298 e. The lowest BCUT2D eigenvalue weighted by Crippen LogP contribution is -2.22. The van der Waals surface area contributed by atoms with Crippen LogP contribution in [-0.2, 0) is 0 Å². The minimum absolute atomic E-state index is 0.617. The molecular weight excluding hydrogens is 208 g/mol. The second-order valence-corrected chi connectivity index (χ2v) is 5.50. The maximum atomic E-state index is 10.6. The molecule has 0 spiro atoms. The fraction of sp³-hybridized carbons (Fsp3) is 0.562. The highest BCUT2D eigenvalue weighted by atomic mass is 16.1. The second kappa shape index (κ2) is 5.48. The SMILES string of the molecule is CC1CCCCC1C(C)c1ccc(C=O)cc1. The molecule has 2 rings (SSSR count). The molecule has 3 atom stereocenters. The van der Waals surface area contributed by atoms with E-state index in [2.05, 4.69) is 26.0 Å². The Labute approximate surface area is 104 Å². The van der Waals surface area contributed by atoms with E-state index in [0.717, 1.165) is 23.7 Å². The lowest BCUT2D eigenvalue weighted by Gasteiger charge is -2.33. The molecule has 0 radical (unpaired) electrons. The molecule has 92 valence electrons. The zero-order valence-electron chi connectivity index (χ0n) is 10.9. The van der Waals surface area contributed by atoms with Crippen molar-refractivity contribution in [1.29, 1.82) is 0 Å². The van der Waals surface area contributed by atoms with Crippen LogP contribution in [0.25, 0.3) is 0 Å². The van der Waals surface area contributed by atoms with Gasteiger partial charge >= 0.3 is 0 Å². The molecular formula is C16H22O. The van der Waals surface area contributed by atoms with E-state index in [1.54, 1.807) is 0 Å². The Bertz CT molecular complexity index is 366. The summed E-state index contributed by atoms with van der Waals surface area (Å²) in [7, 11) is 0. The van der Waals surface area contributed by atoms with Gasteiger partial charge in [0.05, 0.1) is 0 Å². The lowest BCUT2D eigenvalue weighted by atomic mass is 9.72. The highest BCUT2D eigenvalue weighted by Gasteiger charge is 2.27. The molecule has 1 saturated carbocycles. The van der Waals surface area contributed by atoms with Crippen molar-refractivity contribution in [3.63, 3.8) is 0 Å². The van der Waals surface area contributed by atoms with Gasteiger partial charge in [0.1, 0.15) is 6.29 Å². The van der Waals surface area contributed by atoms with Gasteiger partial charge in [-0.2, -0.15) is 0 Å². The predicted octanol–water partition coefficient (Wildman–Crippen LogP) is 4.43. The summed E-state index contributed by atoms with van der Waals surface area (Å²) < 4.78 is 0. The Balaban J connectivity index is 2.11. The van der Waals surface area contributed by atoms with E-state index in [9.17, 15) is 4.79 Å². The number of hydrogen-bond donors (Lipinski definition) is 0. The molecule has 3 unspecified atom stereocenters. The smallest absolute Gasteiger partial charge is 0.150 e. The molecule has 1 nitrogen and oxygen atoms in total. The third kappa shape index (κ3) is 2.77. The summed E-state index contributed by atoms with van der Waals surface area (Å²) in [5.74, 6) is 2.27. The van der Waals surface area contributed by atoms with Gasteiger partial charge in [0.25, 0.3) is 0 Å². The van der Waals surface area contributed by atoms with Gasteiger partial charge in [0.2, 0.25) is 0 Å². The molecule has 0 aliphatic heterocycles. The Kier molecular flexibility index (Phi) is 3.98. The summed E-state index contributed by atoms with van der Waals surface area (Å²) >= 11 is 0. The Morgan fingerprint density at radius 3 is 2.41 bits per heavy atom. The molecule has 0 heterocycles. The first-order chi connectivity index (χ1) is 8.22. The minimum Gasteiger partial charge on any atom is -0.298 e. The maximum Gasteiger partial charge on any atom is 0.150 e. The van der Waals surface area contributed by atoms with Gasteiger partial charge in [-0.25, -0.2) is 0 Å². The van der Waals surface area contributed by atoms with Crippen molar-refractivity contribution in [2.45, 2.75) is 45.4 Å². The van der Waals surface area contributed by atoms with E-state index in [-0.39, 0.29) is 0 Å².